The quantitative estimate of drug-likeness (QED) is 0.693. The maximum atomic E-state index is 13.0. The van der Waals surface area contributed by atoms with Crippen molar-refractivity contribution in [2.24, 2.45) is 7.05 Å². The third-order valence-corrected chi connectivity index (χ3v) is 2.61. The van der Waals surface area contributed by atoms with E-state index in [4.69, 9.17) is 0 Å². The van der Waals surface area contributed by atoms with Gasteiger partial charge >= 0.3 is 0 Å². The Hall–Kier alpha value is -2.77. The summed E-state index contributed by atoms with van der Waals surface area (Å²) in [5, 5.41) is 12.9. The average molecular weight is 281 g/mol. The zero-order valence-electron chi connectivity index (χ0n) is 10.3. The predicted octanol–water partition coefficient (Wildman–Crippen LogP) is 2.46. The van der Waals surface area contributed by atoms with Crippen molar-refractivity contribution in [3.63, 3.8) is 0 Å². The van der Waals surface area contributed by atoms with Crippen molar-refractivity contribution in [1.29, 1.82) is 0 Å². The summed E-state index contributed by atoms with van der Waals surface area (Å²) >= 11 is 0. The van der Waals surface area contributed by atoms with Gasteiger partial charge in [-0.3, -0.25) is 14.9 Å². The summed E-state index contributed by atoms with van der Waals surface area (Å²) in [5.41, 5.74) is -0.151. The van der Waals surface area contributed by atoms with Crippen LogP contribution in [0.1, 0.15) is 10.5 Å². The first-order chi connectivity index (χ1) is 9.38. The molecule has 0 fully saturated rings. The van der Waals surface area contributed by atoms with Gasteiger partial charge in [-0.15, -0.1) is 0 Å². The van der Waals surface area contributed by atoms with Crippen LogP contribution in [0.5, 0.6) is 0 Å². The monoisotopic (exact) mass is 281 g/mol. The summed E-state index contributed by atoms with van der Waals surface area (Å²) in [6, 6.07) is 3.98. The highest BCUT2D eigenvalue weighted by atomic mass is 19.2. The number of anilines is 1. The smallest absolute Gasteiger partial charge is 0.287 e. The van der Waals surface area contributed by atoms with Gasteiger partial charge in [0.05, 0.1) is 11.1 Å². The highest BCUT2D eigenvalue weighted by Gasteiger charge is 2.18. The van der Waals surface area contributed by atoms with Crippen molar-refractivity contribution in [3.05, 3.63) is 57.9 Å². The fourth-order valence-corrected chi connectivity index (χ4v) is 1.64. The number of nitrogens with one attached hydrogen (secondary N) is 1. The van der Waals surface area contributed by atoms with Crippen LogP contribution in [-0.2, 0) is 7.05 Å². The number of hydrogen-bond acceptors (Lipinski definition) is 3. The zero-order valence-corrected chi connectivity index (χ0v) is 10.3. The molecule has 0 saturated carbocycles. The second kappa shape index (κ2) is 5.08. The molecule has 0 unspecified atom stereocenters. The summed E-state index contributed by atoms with van der Waals surface area (Å²) in [6.07, 6.45) is 1.18. The van der Waals surface area contributed by atoms with Gasteiger partial charge in [-0.05, 0) is 12.1 Å². The number of nitrogens with zero attached hydrogens (tertiary/aromatic N) is 2. The Labute approximate surface area is 111 Å². The van der Waals surface area contributed by atoms with E-state index in [-0.39, 0.29) is 17.1 Å². The van der Waals surface area contributed by atoms with E-state index in [0.717, 1.165) is 18.2 Å². The van der Waals surface area contributed by atoms with E-state index in [1.165, 1.54) is 23.9 Å². The van der Waals surface area contributed by atoms with Gasteiger partial charge in [-0.1, -0.05) is 0 Å². The number of nitro groups is 1. The molecule has 6 nitrogen and oxygen atoms in total. The van der Waals surface area contributed by atoms with Gasteiger partial charge in [0, 0.05) is 24.9 Å². The molecule has 20 heavy (non-hydrogen) atoms. The molecule has 0 aliphatic rings. The van der Waals surface area contributed by atoms with E-state index in [0.29, 0.717) is 0 Å². The number of aryl methyl sites for hydroxylation is 1. The number of carbonyl (C=O) groups is 1. The predicted molar refractivity (Wildman–Crippen MR) is 66.4 cm³/mol. The van der Waals surface area contributed by atoms with Gasteiger partial charge in [0.25, 0.3) is 11.6 Å². The van der Waals surface area contributed by atoms with E-state index < -0.39 is 22.5 Å². The number of aromatic nitrogens is 1. The molecule has 1 aromatic heterocycles. The van der Waals surface area contributed by atoms with E-state index in [2.05, 4.69) is 5.32 Å². The van der Waals surface area contributed by atoms with E-state index in [9.17, 15) is 23.7 Å². The van der Waals surface area contributed by atoms with Gasteiger partial charge in [0.15, 0.2) is 11.6 Å². The molecule has 2 rings (SSSR count). The Kier molecular flexibility index (Phi) is 3.47. The lowest BCUT2D eigenvalue weighted by molar-refractivity contribution is -0.384. The first kappa shape index (κ1) is 13.7. The molecule has 2 aromatic rings. The molecular weight excluding hydrogens is 272 g/mol. The van der Waals surface area contributed by atoms with E-state index in [1.807, 2.05) is 0 Å². The third kappa shape index (κ3) is 2.63. The van der Waals surface area contributed by atoms with Crippen molar-refractivity contribution in [1.82, 2.24) is 4.57 Å². The molecule has 0 spiro atoms. The molecule has 0 aliphatic carbocycles. The summed E-state index contributed by atoms with van der Waals surface area (Å²) in [4.78, 5) is 21.9. The SMILES string of the molecule is Cn1cc([N+](=O)[O-])cc1C(=O)Nc1ccc(F)c(F)c1. The fourth-order valence-electron chi connectivity index (χ4n) is 1.64. The van der Waals surface area contributed by atoms with Gasteiger partial charge < -0.3 is 9.88 Å². The summed E-state index contributed by atoms with van der Waals surface area (Å²) in [5.74, 6) is -2.79. The maximum Gasteiger partial charge on any atom is 0.287 e. The van der Waals surface area contributed by atoms with Crippen LogP contribution in [0.15, 0.2) is 30.5 Å². The second-order valence-corrected chi connectivity index (χ2v) is 4.03. The summed E-state index contributed by atoms with van der Waals surface area (Å²) in [7, 11) is 1.47. The minimum Gasteiger partial charge on any atom is -0.340 e. The number of amides is 1. The first-order valence-electron chi connectivity index (χ1n) is 5.45. The highest BCUT2D eigenvalue weighted by Crippen LogP contribution is 2.18. The molecule has 104 valence electrons. The molecule has 8 heteroatoms. The molecule has 0 bridgehead atoms. The van der Waals surface area contributed by atoms with Crippen LogP contribution in [0.3, 0.4) is 0 Å². The largest absolute Gasteiger partial charge is 0.340 e. The van der Waals surface area contributed by atoms with Crippen LogP contribution in [0.4, 0.5) is 20.2 Å². The van der Waals surface area contributed by atoms with Crippen LogP contribution in [0, 0.1) is 21.7 Å². The summed E-state index contributed by atoms with van der Waals surface area (Å²) in [6.45, 7) is 0. The van der Waals surface area contributed by atoms with Gasteiger partial charge in [0.1, 0.15) is 5.69 Å². The molecular formula is C12H9F2N3O3. The Morgan fingerprint density at radius 3 is 2.55 bits per heavy atom. The number of rotatable bonds is 3. The van der Waals surface area contributed by atoms with Crippen LogP contribution >= 0.6 is 0 Å². The summed E-state index contributed by atoms with van der Waals surface area (Å²) < 4.78 is 27.0. The van der Waals surface area contributed by atoms with Gasteiger partial charge in [-0.25, -0.2) is 8.78 Å². The topological polar surface area (TPSA) is 77.2 Å². The Balaban J connectivity index is 2.23. The molecule has 0 saturated heterocycles. The number of benzene rings is 1. The van der Waals surface area contributed by atoms with Crippen molar-refractivity contribution in [2.75, 3.05) is 5.32 Å². The molecule has 0 atom stereocenters. The van der Waals surface area contributed by atoms with Crippen molar-refractivity contribution in [3.8, 4) is 0 Å². The molecule has 1 aromatic carbocycles. The molecule has 0 aliphatic heterocycles. The molecule has 1 heterocycles. The first-order valence-corrected chi connectivity index (χ1v) is 5.45. The van der Waals surface area contributed by atoms with Crippen molar-refractivity contribution >= 4 is 17.3 Å². The van der Waals surface area contributed by atoms with Crippen LogP contribution in [0.25, 0.3) is 0 Å². The standard InChI is InChI=1S/C12H9F2N3O3/c1-16-6-8(17(19)20)5-11(16)12(18)15-7-2-3-9(13)10(14)4-7/h2-6H,1H3,(H,15,18). The van der Waals surface area contributed by atoms with Crippen molar-refractivity contribution in [2.45, 2.75) is 0 Å². The normalized spacial score (nSPS) is 10.3. The Morgan fingerprint density at radius 1 is 1.30 bits per heavy atom. The van der Waals surface area contributed by atoms with Crippen LogP contribution in [-0.4, -0.2) is 15.4 Å². The highest BCUT2D eigenvalue weighted by molar-refractivity contribution is 6.03. The minimum absolute atomic E-state index is 0.0291. The number of halogens is 2. The lowest BCUT2D eigenvalue weighted by atomic mass is 10.3. The van der Waals surface area contributed by atoms with Crippen LogP contribution < -0.4 is 5.32 Å². The molecule has 1 amide bonds. The lowest BCUT2D eigenvalue weighted by Gasteiger charge is -2.05. The van der Waals surface area contributed by atoms with E-state index in [1.54, 1.807) is 0 Å². The van der Waals surface area contributed by atoms with Gasteiger partial charge in [-0.2, -0.15) is 0 Å². The lowest BCUT2D eigenvalue weighted by Crippen LogP contribution is -2.15. The third-order valence-electron chi connectivity index (χ3n) is 2.61. The number of carbonyl (C=O) groups excluding carboxylic acids is 1. The molecule has 0 radical (unpaired) electrons. The van der Waals surface area contributed by atoms with E-state index >= 15 is 0 Å². The van der Waals surface area contributed by atoms with Crippen LogP contribution in [0.2, 0.25) is 0 Å². The average Bonchev–Trinajstić information content (AvgIpc) is 2.76. The Morgan fingerprint density at radius 2 is 2.00 bits per heavy atom. The maximum absolute atomic E-state index is 13.0. The zero-order chi connectivity index (χ0) is 14.9. The molecule has 1 N–H and O–H groups in total. The second-order valence-electron chi connectivity index (χ2n) is 4.03. The van der Waals surface area contributed by atoms with Crippen molar-refractivity contribution < 1.29 is 18.5 Å². The minimum atomic E-state index is -1.10. The number of hydrogen-bond donors (Lipinski definition) is 1. The fraction of sp³-hybridized carbons (Fsp3) is 0.0833. The Bertz CT molecular complexity index is 697. The van der Waals surface area contributed by atoms with Gasteiger partial charge in [0.2, 0.25) is 0 Å².